The van der Waals surface area contributed by atoms with Crippen LogP contribution >= 0.6 is 0 Å². The van der Waals surface area contributed by atoms with Gasteiger partial charge in [-0.2, -0.15) is 0 Å². The van der Waals surface area contributed by atoms with E-state index in [2.05, 4.69) is 47.3 Å². The first-order valence-electron chi connectivity index (χ1n) is 12.7. The van der Waals surface area contributed by atoms with E-state index in [1.54, 1.807) is 0 Å². The van der Waals surface area contributed by atoms with E-state index in [-0.39, 0.29) is 6.10 Å². The van der Waals surface area contributed by atoms with Gasteiger partial charge in [-0.25, -0.2) is 0 Å². The summed E-state index contributed by atoms with van der Waals surface area (Å²) in [5.74, 6) is 4.65. The Kier molecular flexibility index (Phi) is 5.86. The minimum absolute atomic E-state index is 0.0471. The molecule has 4 unspecified atom stereocenters. The van der Waals surface area contributed by atoms with Gasteiger partial charge in [-0.15, -0.1) is 0 Å². The van der Waals surface area contributed by atoms with E-state index < -0.39 is 0 Å². The van der Waals surface area contributed by atoms with Crippen molar-refractivity contribution in [1.82, 2.24) is 0 Å². The second-order valence-electron chi connectivity index (χ2n) is 12.2. The molecule has 0 saturated heterocycles. The molecule has 0 aromatic heterocycles. The lowest BCUT2D eigenvalue weighted by Gasteiger charge is -2.57. The fourth-order valence-electron chi connectivity index (χ4n) is 8.37. The molecule has 3 saturated carbocycles. The molecule has 1 nitrogen and oxygen atoms in total. The van der Waals surface area contributed by atoms with Gasteiger partial charge in [0.15, 0.2) is 0 Å². The van der Waals surface area contributed by atoms with Gasteiger partial charge in [0.05, 0.1) is 6.10 Å². The zero-order chi connectivity index (χ0) is 21.0. The largest absolute Gasteiger partial charge is 0.393 e. The molecule has 0 heterocycles. The van der Waals surface area contributed by atoms with Crippen LogP contribution in [0.15, 0.2) is 23.8 Å². The Morgan fingerprint density at radius 3 is 2.48 bits per heavy atom. The number of aliphatic hydroxyl groups excluding tert-OH is 1. The maximum absolute atomic E-state index is 10.2. The Hall–Kier alpha value is -0.560. The van der Waals surface area contributed by atoms with Crippen molar-refractivity contribution in [3.8, 4) is 0 Å². The van der Waals surface area contributed by atoms with Crippen molar-refractivity contribution in [2.45, 2.75) is 105 Å². The van der Waals surface area contributed by atoms with Gasteiger partial charge < -0.3 is 5.11 Å². The molecule has 29 heavy (non-hydrogen) atoms. The summed E-state index contributed by atoms with van der Waals surface area (Å²) in [6, 6.07) is 0. The summed E-state index contributed by atoms with van der Waals surface area (Å²) >= 11 is 0. The van der Waals surface area contributed by atoms with Gasteiger partial charge in [-0.3, -0.25) is 0 Å². The zero-order valence-electron chi connectivity index (χ0n) is 19.8. The summed E-state index contributed by atoms with van der Waals surface area (Å²) in [6.45, 7) is 16.7. The van der Waals surface area contributed by atoms with Crippen LogP contribution in [0.4, 0.5) is 0 Å². The molecule has 4 rings (SSSR count). The molecule has 1 N–H and O–H groups in total. The monoisotopic (exact) mass is 398 g/mol. The topological polar surface area (TPSA) is 20.2 Å². The van der Waals surface area contributed by atoms with Crippen LogP contribution in [0.1, 0.15) is 98.8 Å². The van der Waals surface area contributed by atoms with E-state index in [0.29, 0.717) is 22.7 Å². The molecule has 3 fully saturated rings. The first-order valence-corrected chi connectivity index (χ1v) is 12.7. The van der Waals surface area contributed by atoms with Crippen molar-refractivity contribution < 1.29 is 5.11 Å². The minimum atomic E-state index is -0.0471. The number of hydrogen-bond donors (Lipinski definition) is 1. The lowest BCUT2D eigenvalue weighted by Crippen LogP contribution is -2.49. The van der Waals surface area contributed by atoms with Crippen LogP contribution in [-0.2, 0) is 0 Å². The molecule has 0 aliphatic heterocycles. The number of hydrogen-bond acceptors (Lipinski definition) is 1. The number of aliphatic hydroxyl groups is 1. The molecule has 8 atom stereocenters. The van der Waals surface area contributed by atoms with Gasteiger partial charge in [0.25, 0.3) is 0 Å². The highest BCUT2D eigenvalue weighted by atomic mass is 16.3. The standard InChI is InChI=1S/C28H46O/c1-18(2)19(3)7-8-20(4)24-11-12-25-23-10-9-21-17-22(29)13-15-27(21,5)26(23)14-16-28(24,25)6/h10,18,20-22,24-26,29H,3,7-9,11-17H2,1-2,4-6H3/t20-,21?,22+,24?,25?,26?,27+,28-/m1/s1. The minimum Gasteiger partial charge on any atom is -0.393 e. The molecular weight excluding hydrogens is 352 g/mol. The van der Waals surface area contributed by atoms with Gasteiger partial charge in [0.2, 0.25) is 0 Å². The highest BCUT2D eigenvalue weighted by molar-refractivity contribution is 5.27. The zero-order valence-corrected chi connectivity index (χ0v) is 19.8. The molecule has 0 aromatic carbocycles. The average Bonchev–Trinajstić information content (AvgIpc) is 3.03. The Balaban J connectivity index is 1.50. The smallest absolute Gasteiger partial charge is 0.0543 e. The molecule has 4 aliphatic carbocycles. The van der Waals surface area contributed by atoms with Crippen molar-refractivity contribution in [3.63, 3.8) is 0 Å². The van der Waals surface area contributed by atoms with E-state index in [1.807, 2.05) is 5.57 Å². The van der Waals surface area contributed by atoms with Crippen LogP contribution in [0.5, 0.6) is 0 Å². The summed E-state index contributed by atoms with van der Waals surface area (Å²) in [5.41, 5.74) is 4.26. The molecule has 0 spiro atoms. The van der Waals surface area contributed by atoms with E-state index in [9.17, 15) is 5.11 Å². The average molecular weight is 399 g/mol. The normalized spacial score (nSPS) is 45.2. The van der Waals surface area contributed by atoms with Crippen molar-refractivity contribution >= 4 is 0 Å². The van der Waals surface area contributed by atoms with E-state index >= 15 is 0 Å². The summed E-state index contributed by atoms with van der Waals surface area (Å²) in [4.78, 5) is 0. The summed E-state index contributed by atoms with van der Waals surface area (Å²) in [7, 11) is 0. The third-order valence-electron chi connectivity index (χ3n) is 10.5. The van der Waals surface area contributed by atoms with E-state index in [4.69, 9.17) is 0 Å². The number of allylic oxidation sites excluding steroid dienone is 3. The Bertz CT molecular complexity index is 659. The predicted molar refractivity (Wildman–Crippen MR) is 124 cm³/mol. The summed E-state index contributed by atoms with van der Waals surface area (Å²) in [6.07, 6.45) is 15.3. The first kappa shape index (κ1) is 21.7. The van der Waals surface area contributed by atoms with Crippen molar-refractivity contribution in [1.29, 1.82) is 0 Å². The Morgan fingerprint density at radius 2 is 1.76 bits per heavy atom. The highest BCUT2D eigenvalue weighted by Gasteiger charge is 2.58. The van der Waals surface area contributed by atoms with Crippen LogP contribution in [0.2, 0.25) is 0 Å². The molecule has 0 amide bonds. The van der Waals surface area contributed by atoms with Crippen LogP contribution < -0.4 is 0 Å². The van der Waals surface area contributed by atoms with Gasteiger partial charge >= 0.3 is 0 Å². The van der Waals surface area contributed by atoms with Gasteiger partial charge in [-0.1, -0.05) is 58.4 Å². The summed E-state index contributed by atoms with van der Waals surface area (Å²) < 4.78 is 0. The third kappa shape index (κ3) is 3.58. The maximum atomic E-state index is 10.2. The van der Waals surface area contributed by atoms with Gasteiger partial charge in [-0.05, 0) is 111 Å². The lowest BCUT2D eigenvalue weighted by molar-refractivity contribution is -0.0427. The van der Waals surface area contributed by atoms with Gasteiger partial charge in [0.1, 0.15) is 0 Å². The Morgan fingerprint density at radius 1 is 1.07 bits per heavy atom. The van der Waals surface area contributed by atoms with Crippen molar-refractivity contribution in [3.05, 3.63) is 23.8 Å². The Labute approximate surface area is 180 Å². The van der Waals surface area contributed by atoms with Crippen molar-refractivity contribution in [2.24, 2.45) is 46.3 Å². The lowest BCUT2D eigenvalue weighted by atomic mass is 9.47. The quantitative estimate of drug-likeness (QED) is 0.474. The van der Waals surface area contributed by atoms with E-state index in [1.165, 1.54) is 56.9 Å². The molecule has 164 valence electrons. The third-order valence-corrected chi connectivity index (χ3v) is 10.5. The molecule has 0 bridgehead atoms. The first-order chi connectivity index (χ1) is 13.7. The maximum Gasteiger partial charge on any atom is 0.0543 e. The molecular formula is C28H46O. The van der Waals surface area contributed by atoms with Crippen molar-refractivity contribution in [2.75, 3.05) is 0 Å². The molecule has 0 aromatic rings. The second kappa shape index (κ2) is 7.85. The SMILES string of the molecule is C=C(CC[C@@H](C)C1CCC2C3=CCC4C[C@@H](O)CC[C@]4(C)C3CC[C@@]21C)C(C)C. The second-order valence-corrected chi connectivity index (χ2v) is 12.2. The fourth-order valence-corrected chi connectivity index (χ4v) is 8.37. The van der Waals surface area contributed by atoms with Crippen LogP contribution in [0.3, 0.4) is 0 Å². The molecule has 0 radical (unpaired) electrons. The molecule has 4 aliphatic rings. The fraction of sp³-hybridized carbons (Fsp3) is 0.857. The van der Waals surface area contributed by atoms with E-state index in [0.717, 1.165) is 36.5 Å². The predicted octanol–water partition coefficient (Wildman–Crippen LogP) is 7.55. The van der Waals surface area contributed by atoms with Crippen LogP contribution in [-0.4, -0.2) is 11.2 Å². The number of fused-ring (bicyclic) bond motifs is 5. The van der Waals surface area contributed by atoms with Crippen LogP contribution in [0.25, 0.3) is 0 Å². The summed E-state index contributed by atoms with van der Waals surface area (Å²) in [5, 5.41) is 10.2. The highest BCUT2D eigenvalue weighted by Crippen LogP contribution is 2.66. The van der Waals surface area contributed by atoms with Gasteiger partial charge in [0, 0.05) is 0 Å². The molecule has 1 heteroatoms. The number of rotatable bonds is 5. The van der Waals surface area contributed by atoms with Crippen LogP contribution in [0, 0.1) is 46.3 Å².